The van der Waals surface area contributed by atoms with E-state index in [4.69, 9.17) is 5.26 Å². The average molecular weight is 284 g/mol. The molecule has 18 heavy (non-hydrogen) atoms. The van der Waals surface area contributed by atoms with Crippen LogP contribution in [0.1, 0.15) is 18.9 Å². The van der Waals surface area contributed by atoms with Gasteiger partial charge in [0.1, 0.15) is 0 Å². The Balaban J connectivity index is 2.72. The summed E-state index contributed by atoms with van der Waals surface area (Å²) in [4.78, 5) is 0.137. The maximum Gasteiger partial charge on any atom is 0.240 e. The van der Waals surface area contributed by atoms with E-state index in [1.807, 2.05) is 12.3 Å². The predicted molar refractivity (Wildman–Crippen MR) is 73.9 cm³/mol. The van der Waals surface area contributed by atoms with Gasteiger partial charge in [-0.1, -0.05) is 13.0 Å². The Kier molecular flexibility index (Phi) is 5.66. The van der Waals surface area contributed by atoms with Crippen LogP contribution in [0.4, 0.5) is 0 Å². The van der Waals surface area contributed by atoms with Crippen LogP contribution in [0.15, 0.2) is 29.2 Å². The van der Waals surface area contributed by atoms with Gasteiger partial charge in [0.2, 0.25) is 10.0 Å². The molecule has 0 aliphatic heterocycles. The summed E-state index contributed by atoms with van der Waals surface area (Å²) >= 11 is 1.70. The van der Waals surface area contributed by atoms with Crippen LogP contribution >= 0.6 is 11.8 Å². The molecule has 0 saturated heterocycles. The van der Waals surface area contributed by atoms with Crippen molar-refractivity contribution in [1.82, 2.24) is 4.72 Å². The first-order valence-electron chi connectivity index (χ1n) is 5.52. The minimum atomic E-state index is -3.51. The second-order valence-electron chi connectivity index (χ2n) is 3.87. The second-order valence-corrected chi connectivity index (χ2v) is 6.92. The van der Waals surface area contributed by atoms with Crippen LogP contribution in [0.5, 0.6) is 0 Å². The van der Waals surface area contributed by atoms with Crippen LogP contribution in [0.3, 0.4) is 0 Å². The highest BCUT2D eigenvalue weighted by Crippen LogP contribution is 2.12. The van der Waals surface area contributed by atoms with Crippen molar-refractivity contribution >= 4 is 21.8 Å². The number of hydrogen-bond donors (Lipinski definition) is 1. The summed E-state index contributed by atoms with van der Waals surface area (Å²) in [5, 5.41) is 9.16. The van der Waals surface area contributed by atoms with Crippen LogP contribution in [-0.2, 0) is 10.0 Å². The Hall–Kier alpha value is -1.03. The Morgan fingerprint density at radius 1 is 1.50 bits per heavy atom. The molecule has 1 N–H and O–H groups in total. The molecule has 0 amide bonds. The monoisotopic (exact) mass is 284 g/mol. The molecule has 0 bridgehead atoms. The van der Waals surface area contributed by atoms with Crippen molar-refractivity contribution in [2.45, 2.75) is 23.5 Å². The number of nitrogens with zero attached hydrogens (tertiary/aromatic N) is 1. The van der Waals surface area contributed by atoms with E-state index >= 15 is 0 Å². The highest BCUT2D eigenvalue weighted by molar-refractivity contribution is 7.99. The van der Waals surface area contributed by atoms with Gasteiger partial charge in [-0.2, -0.15) is 17.0 Å². The molecule has 0 spiro atoms. The fraction of sp³-hybridized carbons (Fsp3) is 0.417. The smallest absolute Gasteiger partial charge is 0.211 e. The zero-order valence-electron chi connectivity index (χ0n) is 10.4. The van der Waals surface area contributed by atoms with E-state index in [-0.39, 0.29) is 4.90 Å². The quantitative estimate of drug-likeness (QED) is 0.867. The number of benzene rings is 1. The normalized spacial score (nSPS) is 12.9. The molecule has 0 heterocycles. The van der Waals surface area contributed by atoms with Gasteiger partial charge in [-0.3, -0.25) is 0 Å². The third-order valence-electron chi connectivity index (χ3n) is 2.52. The highest BCUT2D eigenvalue weighted by atomic mass is 32.2. The molecule has 1 unspecified atom stereocenters. The van der Waals surface area contributed by atoms with E-state index in [2.05, 4.69) is 11.6 Å². The fourth-order valence-corrected chi connectivity index (χ4v) is 2.78. The Bertz CT molecular complexity index is 535. The SMILES string of the molecule is CSC(C)CCNS(=O)(=O)c1cccc(C#N)c1. The first-order valence-corrected chi connectivity index (χ1v) is 8.29. The van der Waals surface area contributed by atoms with Gasteiger partial charge in [0.15, 0.2) is 0 Å². The molecule has 1 rings (SSSR count). The molecule has 0 aromatic heterocycles. The topological polar surface area (TPSA) is 70.0 Å². The van der Waals surface area contributed by atoms with Gasteiger partial charge in [-0.25, -0.2) is 13.1 Å². The van der Waals surface area contributed by atoms with Crippen LogP contribution in [-0.4, -0.2) is 26.5 Å². The summed E-state index contributed by atoms with van der Waals surface area (Å²) < 4.78 is 26.4. The lowest BCUT2D eigenvalue weighted by molar-refractivity contribution is 0.579. The zero-order valence-corrected chi connectivity index (χ0v) is 12.0. The van der Waals surface area contributed by atoms with E-state index in [0.29, 0.717) is 17.4 Å². The lowest BCUT2D eigenvalue weighted by atomic mass is 10.2. The molecule has 0 aliphatic carbocycles. The number of thioether (sulfide) groups is 1. The highest BCUT2D eigenvalue weighted by Gasteiger charge is 2.14. The average Bonchev–Trinajstić information content (AvgIpc) is 2.38. The first kappa shape index (κ1) is 15.0. The van der Waals surface area contributed by atoms with Crippen molar-refractivity contribution in [2.24, 2.45) is 0 Å². The van der Waals surface area contributed by atoms with Crippen LogP contribution < -0.4 is 4.72 Å². The molecule has 98 valence electrons. The van der Waals surface area contributed by atoms with Gasteiger partial charge in [0.05, 0.1) is 16.5 Å². The summed E-state index contributed by atoms with van der Waals surface area (Å²) in [6, 6.07) is 7.94. The van der Waals surface area contributed by atoms with E-state index in [0.717, 1.165) is 6.42 Å². The van der Waals surface area contributed by atoms with Gasteiger partial charge in [0, 0.05) is 11.8 Å². The number of hydrogen-bond acceptors (Lipinski definition) is 4. The molecule has 1 atom stereocenters. The maximum atomic E-state index is 11.9. The second kappa shape index (κ2) is 6.78. The van der Waals surface area contributed by atoms with Gasteiger partial charge in [-0.15, -0.1) is 0 Å². The predicted octanol–water partition coefficient (Wildman–Crippen LogP) is 1.98. The molecular formula is C12H16N2O2S2. The van der Waals surface area contributed by atoms with Crippen LogP contribution in [0.2, 0.25) is 0 Å². The molecule has 1 aromatic carbocycles. The molecule has 4 nitrogen and oxygen atoms in total. The lowest BCUT2D eigenvalue weighted by Gasteiger charge is -2.10. The molecular weight excluding hydrogens is 268 g/mol. The summed E-state index contributed by atoms with van der Waals surface area (Å²) in [7, 11) is -3.51. The van der Waals surface area contributed by atoms with Gasteiger partial charge in [0.25, 0.3) is 0 Å². The van der Waals surface area contributed by atoms with E-state index < -0.39 is 10.0 Å². The van der Waals surface area contributed by atoms with Gasteiger partial charge < -0.3 is 0 Å². The number of nitrogens with one attached hydrogen (secondary N) is 1. The third-order valence-corrected chi connectivity index (χ3v) is 5.02. The van der Waals surface area contributed by atoms with Crippen molar-refractivity contribution in [2.75, 3.05) is 12.8 Å². The van der Waals surface area contributed by atoms with Crippen molar-refractivity contribution in [3.8, 4) is 6.07 Å². The number of sulfonamides is 1. The minimum Gasteiger partial charge on any atom is -0.211 e. The Labute approximate surface area is 112 Å². The molecule has 1 aromatic rings. The van der Waals surface area contributed by atoms with Crippen LogP contribution in [0.25, 0.3) is 0 Å². The number of nitriles is 1. The summed E-state index contributed by atoms with van der Waals surface area (Å²) in [5.74, 6) is 0. The van der Waals surface area contributed by atoms with Crippen molar-refractivity contribution < 1.29 is 8.42 Å². The van der Waals surface area contributed by atoms with Crippen LogP contribution in [0, 0.1) is 11.3 Å². The first-order chi connectivity index (χ1) is 8.49. The number of rotatable bonds is 6. The molecule has 0 radical (unpaired) electrons. The summed E-state index contributed by atoms with van der Waals surface area (Å²) in [6.07, 6.45) is 2.77. The molecule has 0 fully saturated rings. The van der Waals surface area contributed by atoms with E-state index in [9.17, 15) is 8.42 Å². The van der Waals surface area contributed by atoms with Crippen molar-refractivity contribution in [3.63, 3.8) is 0 Å². The largest absolute Gasteiger partial charge is 0.240 e. The Morgan fingerprint density at radius 3 is 2.83 bits per heavy atom. The summed E-state index contributed by atoms with van der Waals surface area (Å²) in [6.45, 7) is 2.45. The maximum absolute atomic E-state index is 11.9. The van der Waals surface area contributed by atoms with Crippen molar-refractivity contribution in [3.05, 3.63) is 29.8 Å². The molecule has 6 heteroatoms. The fourth-order valence-electron chi connectivity index (χ4n) is 1.33. The van der Waals surface area contributed by atoms with Gasteiger partial charge >= 0.3 is 0 Å². The van der Waals surface area contributed by atoms with E-state index in [1.165, 1.54) is 12.1 Å². The third kappa shape index (κ3) is 4.33. The zero-order chi connectivity index (χ0) is 13.6. The van der Waals surface area contributed by atoms with Gasteiger partial charge in [-0.05, 0) is 30.9 Å². The van der Waals surface area contributed by atoms with E-state index in [1.54, 1.807) is 23.9 Å². The standard InChI is InChI=1S/C12H16N2O2S2/c1-10(17-2)6-7-14-18(15,16)12-5-3-4-11(8-12)9-13/h3-5,8,10,14H,6-7H2,1-2H3. The molecule has 0 aliphatic rings. The lowest BCUT2D eigenvalue weighted by Crippen LogP contribution is -2.26. The Morgan fingerprint density at radius 2 is 2.22 bits per heavy atom. The minimum absolute atomic E-state index is 0.137. The van der Waals surface area contributed by atoms with Crippen molar-refractivity contribution in [1.29, 1.82) is 5.26 Å². The summed E-state index contributed by atoms with van der Waals surface area (Å²) in [5.41, 5.74) is 0.343. The molecule has 0 saturated carbocycles.